The summed E-state index contributed by atoms with van der Waals surface area (Å²) in [5.74, 6) is 1.86. The summed E-state index contributed by atoms with van der Waals surface area (Å²) in [7, 11) is 3.12. The van der Waals surface area contributed by atoms with E-state index < -0.39 is 0 Å². The van der Waals surface area contributed by atoms with Gasteiger partial charge in [0.25, 0.3) is 11.8 Å². The van der Waals surface area contributed by atoms with Crippen LogP contribution >= 0.6 is 0 Å². The first-order valence-corrected chi connectivity index (χ1v) is 14.4. The topological polar surface area (TPSA) is 106 Å². The fourth-order valence-electron chi connectivity index (χ4n) is 5.68. The van der Waals surface area contributed by atoms with Crippen molar-refractivity contribution in [1.29, 1.82) is 0 Å². The molecular formula is C32H35N5O6. The van der Waals surface area contributed by atoms with Crippen LogP contribution in [0.25, 0.3) is 0 Å². The lowest BCUT2D eigenvalue weighted by molar-refractivity contribution is 0.0517. The number of rotatable bonds is 10. The lowest BCUT2D eigenvalue weighted by Gasteiger charge is -2.23. The molecule has 224 valence electrons. The number of fused-ring (bicyclic) bond motifs is 4. The van der Waals surface area contributed by atoms with E-state index in [1.54, 1.807) is 59.7 Å². The van der Waals surface area contributed by atoms with E-state index in [2.05, 4.69) is 23.1 Å². The van der Waals surface area contributed by atoms with E-state index in [-0.39, 0.29) is 17.9 Å². The maximum Gasteiger partial charge on any atom is 0.275 e. The second-order valence-electron chi connectivity index (χ2n) is 11.0. The minimum absolute atomic E-state index is 0.0671. The molecule has 2 aromatic carbocycles. The predicted octanol–water partition coefficient (Wildman–Crippen LogP) is 4.72. The molecule has 2 fully saturated rings. The average Bonchev–Trinajstić information content (AvgIpc) is 3.51. The van der Waals surface area contributed by atoms with Gasteiger partial charge in [0.2, 0.25) is 0 Å². The van der Waals surface area contributed by atoms with Gasteiger partial charge in [-0.05, 0) is 43.4 Å². The number of carbonyl (C=O) groups is 2. The highest BCUT2D eigenvalue weighted by Crippen LogP contribution is 2.39. The molecular weight excluding hydrogens is 550 g/mol. The second kappa shape index (κ2) is 11.8. The normalized spacial score (nSPS) is 18.7. The van der Waals surface area contributed by atoms with Crippen molar-refractivity contribution in [2.45, 2.75) is 31.7 Å². The zero-order chi connectivity index (χ0) is 30.1. The third kappa shape index (κ3) is 5.54. The van der Waals surface area contributed by atoms with Gasteiger partial charge in [-0.3, -0.25) is 19.6 Å². The average molecular weight is 586 g/mol. The van der Waals surface area contributed by atoms with Crippen molar-refractivity contribution in [2.24, 2.45) is 9.98 Å². The van der Waals surface area contributed by atoms with Crippen molar-refractivity contribution in [3.05, 3.63) is 59.7 Å². The first-order chi connectivity index (χ1) is 20.9. The van der Waals surface area contributed by atoms with Crippen LogP contribution < -0.4 is 18.9 Å². The number of carbonyl (C=O) groups excluding carboxylic acids is 2. The summed E-state index contributed by atoms with van der Waals surface area (Å²) in [6, 6.07) is 6.86. The molecule has 6 rings (SSSR count). The standard InChI is InChI=1S/C32H35N5O6/c1-20-10-22-15-33-25-13-29(27(40-3)11-23(25)31(38)36(22)17-20)42-8-6-5-7-9-43-30-14-26-24(12-28(30)41-4)32(39)37-18-21(2)16-35(37)19-34-26/h11-15,19,22H,1-2,5-10,16-18H2,3-4H3. The van der Waals surface area contributed by atoms with Crippen molar-refractivity contribution in [2.75, 3.05) is 47.1 Å². The van der Waals surface area contributed by atoms with E-state index in [1.807, 2.05) is 6.21 Å². The molecule has 0 radical (unpaired) electrons. The molecule has 2 aromatic rings. The monoisotopic (exact) mass is 585 g/mol. The molecule has 4 aliphatic heterocycles. The quantitative estimate of drug-likeness (QED) is 0.294. The molecule has 43 heavy (non-hydrogen) atoms. The molecule has 2 amide bonds. The fraction of sp³-hybridized carbons (Fsp3) is 0.375. The van der Waals surface area contributed by atoms with Crippen LogP contribution in [0.1, 0.15) is 46.4 Å². The van der Waals surface area contributed by atoms with E-state index in [9.17, 15) is 9.59 Å². The van der Waals surface area contributed by atoms with E-state index in [4.69, 9.17) is 18.9 Å². The molecule has 0 bridgehead atoms. The highest BCUT2D eigenvalue weighted by molar-refractivity contribution is 6.04. The molecule has 0 N–H and O–H groups in total. The van der Waals surface area contributed by atoms with Gasteiger partial charge in [-0.1, -0.05) is 18.7 Å². The van der Waals surface area contributed by atoms with Crippen molar-refractivity contribution < 1.29 is 28.5 Å². The van der Waals surface area contributed by atoms with Gasteiger partial charge in [0.05, 0.1) is 69.1 Å². The molecule has 11 heteroatoms. The van der Waals surface area contributed by atoms with Crippen LogP contribution in [0.4, 0.5) is 11.4 Å². The molecule has 0 aromatic heterocycles. The van der Waals surface area contributed by atoms with E-state index >= 15 is 0 Å². The van der Waals surface area contributed by atoms with Gasteiger partial charge in [-0.25, -0.2) is 10.0 Å². The zero-order valence-electron chi connectivity index (χ0n) is 24.5. The van der Waals surface area contributed by atoms with Crippen LogP contribution in [-0.2, 0) is 0 Å². The highest BCUT2D eigenvalue weighted by atomic mass is 16.5. The molecule has 2 saturated heterocycles. The molecule has 0 saturated carbocycles. The maximum atomic E-state index is 13.2. The molecule has 4 aliphatic rings. The molecule has 0 spiro atoms. The van der Waals surface area contributed by atoms with Crippen LogP contribution in [0.5, 0.6) is 23.0 Å². The number of ether oxygens (including phenoxy) is 4. The maximum absolute atomic E-state index is 13.2. The predicted molar refractivity (Wildman–Crippen MR) is 163 cm³/mol. The number of hydrogen-bond donors (Lipinski definition) is 0. The number of hydrogen-bond acceptors (Lipinski definition) is 9. The molecule has 1 unspecified atom stereocenters. The Morgan fingerprint density at radius 3 is 2.05 bits per heavy atom. The first-order valence-electron chi connectivity index (χ1n) is 14.4. The fourth-order valence-corrected chi connectivity index (χ4v) is 5.68. The second-order valence-corrected chi connectivity index (χ2v) is 11.0. The summed E-state index contributed by atoms with van der Waals surface area (Å²) in [6.45, 7) is 10.5. The Hall–Kier alpha value is -4.80. The van der Waals surface area contributed by atoms with E-state index in [0.29, 0.717) is 78.3 Å². The molecule has 1 atom stereocenters. The number of amides is 2. The van der Waals surface area contributed by atoms with Crippen LogP contribution in [0.15, 0.2) is 58.6 Å². The Bertz CT molecular complexity index is 1440. The lowest BCUT2D eigenvalue weighted by atomic mass is 10.1. The van der Waals surface area contributed by atoms with Crippen LogP contribution in [-0.4, -0.2) is 92.4 Å². The summed E-state index contributed by atoms with van der Waals surface area (Å²) < 4.78 is 23.2. The molecule has 11 nitrogen and oxygen atoms in total. The van der Waals surface area contributed by atoms with Gasteiger partial charge in [-0.2, -0.15) is 0 Å². The Kier molecular flexibility index (Phi) is 7.79. The number of nitrogens with zero attached hydrogens (tertiary/aromatic N) is 5. The summed E-state index contributed by atoms with van der Waals surface area (Å²) in [6.07, 6.45) is 6.65. The number of aliphatic imine (C=N–C) groups is 2. The van der Waals surface area contributed by atoms with Crippen molar-refractivity contribution in [3.63, 3.8) is 0 Å². The van der Waals surface area contributed by atoms with Crippen LogP contribution in [0, 0.1) is 0 Å². The van der Waals surface area contributed by atoms with Crippen molar-refractivity contribution in [1.82, 2.24) is 14.9 Å². The SMILES string of the molecule is C=C1CC2C=Nc3cc(OCCCCCOc4cc5c(cc4OC)C(=O)N4CC(=C)CN4C=N5)c(OC)cc3C(=O)N2C1. The van der Waals surface area contributed by atoms with Gasteiger partial charge in [0.1, 0.15) is 6.34 Å². The summed E-state index contributed by atoms with van der Waals surface area (Å²) in [5, 5.41) is 3.40. The number of unbranched alkanes of at least 4 members (excludes halogenated alkanes) is 2. The van der Waals surface area contributed by atoms with E-state index in [0.717, 1.165) is 36.8 Å². The third-order valence-corrected chi connectivity index (χ3v) is 7.90. The highest BCUT2D eigenvalue weighted by Gasteiger charge is 2.35. The minimum atomic E-state index is -0.146. The van der Waals surface area contributed by atoms with Gasteiger partial charge >= 0.3 is 0 Å². The van der Waals surface area contributed by atoms with Crippen molar-refractivity contribution in [3.8, 4) is 23.0 Å². The van der Waals surface area contributed by atoms with Gasteiger partial charge in [-0.15, -0.1) is 0 Å². The summed E-state index contributed by atoms with van der Waals surface area (Å²) in [4.78, 5) is 37.2. The minimum Gasteiger partial charge on any atom is -0.493 e. The largest absolute Gasteiger partial charge is 0.493 e. The van der Waals surface area contributed by atoms with Gasteiger partial charge in [0.15, 0.2) is 23.0 Å². The van der Waals surface area contributed by atoms with Crippen LogP contribution in [0.2, 0.25) is 0 Å². The van der Waals surface area contributed by atoms with Crippen LogP contribution in [0.3, 0.4) is 0 Å². The lowest BCUT2D eigenvalue weighted by Crippen LogP contribution is -2.39. The Morgan fingerprint density at radius 1 is 0.767 bits per heavy atom. The third-order valence-electron chi connectivity index (χ3n) is 7.90. The number of hydrazine groups is 1. The zero-order valence-corrected chi connectivity index (χ0v) is 24.5. The molecule has 4 heterocycles. The summed E-state index contributed by atoms with van der Waals surface area (Å²) in [5.41, 5.74) is 4.07. The number of benzene rings is 2. The first kappa shape index (κ1) is 28.3. The van der Waals surface area contributed by atoms with Crippen molar-refractivity contribution >= 4 is 35.7 Å². The summed E-state index contributed by atoms with van der Waals surface area (Å²) >= 11 is 0. The van der Waals surface area contributed by atoms with Gasteiger partial charge < -0.3 is 23.8 Å². The molecule has 0 aliphatic carbocycles. The van der Waals surface area contributed by atoms with Gasteiger partial charge in [0, 0.05) is 24.9 Å². The Morgan fingerprint density at radius 2 is 1.40 bits per heavy atom. The number of methoxy groups -OCH3 is 2. The smallest absolute Gasteiger partial charge is 0.275 e. The van der Waals surface area contributed by atoms with E-state index in [1.165, 1.54) is 0 Å². The Labute approximate surface area is 250 Å². The Balaban J connectivity index is 1.02.